The number of hydrogen-bond acceptors (Lipinski definition) is 6. The van der Waals surface area contributed by atoms with E-state index >= 15 is 0 Å². The van der Waals surface area contributed by atoms with Gasteiger partial charge in [-0.1, -0.05) is 18.2 Å². The number of ketones is 1. The van der Waals surface area contributed by atoms with Crippen LogP contribution in [0.2, 0.25) is 0 Å². The molecule has 1 N–H and O–H groups in total. The first-order valence-corrected chi connectivity index (χ1v) is 13.0. The number of halogens is 4. The number of carbonyl (C=O) groups excluding carboxylic acids is 2. The Morgan fingerprint density at radius 2 is 1.75 bits per heavy atom. The fraction of sp³-hybridized carbons (Fsp3) is 0.345. The Labute approximate surface area is 228 Å². The van der Waals surface area contributed by atoms with Crippen LogP contribution in [0.15, 0.2) is 60.8 Å². The molecule has 2 aromatic carbocycles. The first-order valence-electron chi connectivity index (χ1n) is 13.0. The first-order chi connectivity index (χ1) is 19.1. The van der Waals surface area contributed by atoms with Crippen molar-refractivity contribution in [2.24, 2.45) is 0 Å². The molecule has 1 aromatic heterocycles. The summed E-state index contributed by atoms with van der Waals surface area (Å²) in [5, 5.41) is 2.50. The lowest BCUT2D eigenvalue weighted by Gasteiger charge is -2.34. The van der Waals surface area contributed by atoms with Gasteiger partial charge >= 0.3 is 6.36 Å². The molecule has 0 atom stereocenters. The molecule has 0 spiro atoms. The van der Waals surface area contributed by atoms with Gasteiger partial charge in [0.1, 0.15) is 5.82 Å². The SMILES string of the molecule is O=C(CN1CCN(C2CC2)CC1)Nc1cc(C(=O)Cc2ccc(-c3ccccc3F)nc2)ccc1OC(F)(F)F. The number of aromatic nitrogens is 1. The zero-order valence-corrected chi connectivity index (χ0v) is 21.6. The number of Topliss-reactive ketones (excluding diaryl/α,β-unsaturated/α-hetero) is 1. The number of nitrogens with zero attached hydrogens (tertiary/aromatic N) is 3. The van der Waals surface area contributed by atoms with Crippen LogP contribution in [0, 0.1) is 5.82 Å². The Kier molecular flexibility index (Phi) is 8.13. The number of pyridine rings is 1. The van der Waals surface area contributed by atoms with Crippen LogP contribution in [-0.2, 0) is 11.2 Å². The zero-order valence-electron chi connectivity index (χ0n) is 21.6. The molecule has 5 rings (SSSR count). The largest absolute Gasteiger partial charge is 0.573 e. The van der Waals surface area contributed by atoms with Gasteiger partial charge in [0, 0.05) is 56.0 Å². The van der Waals surface area contributed by atoms with Crippen molar-refractivity contribution in [3.05, 3.63) is 77.7 Å². The summed E-state index contributed by atoms with van der Waals surface area (Å²) in [6.45, 7) is 3.10. The molecular weight excluding hydrogens is 528 g/mol. The van der Waals surface area contributed by atoms with E-state index in [0.717, 1.165) is 19.2 Å². The lowest BCUT2D eigenvalue weighted by molar-refractivity contribution is -0.274. The molecule has 210 valence electrons. The molecule has 11 heteroatoms. The summed E-state index contributed by atoms with van der Waals surface area (Å²) in [7, 11) is 0. The Morgan fingerprint density at radius 3 is 2.40 bits per heavy atom. The number of rotatable bonds is 9. The van der Waals surface area contributed by atoms with Gasteiger partial charge in [-0.05, 0) is 54.8 Å². The summed E-state index contributed by atoms with van der Waals surface area (Å²) >= 11 is 0. The highest BCUT2D eigenvalue weighted by molar-refractivity contribution is 6.00. The first kappa shape index (κ1) is 27.7. The Balaban J connectivity index is 1.26. The van der Waals surface area contributed by atoms with Gasteiger partial charge in [-0.15, -0.1) is 13.2 Å². The number of ether oxygens (including phenoxy) is 1. The zero-order chi connectivity index (χ0) is 28.3. The van der Waals surface area contributed by atoms with Crippen LogP contribution in [0.3, 0.4) is 0 Å². The van der Waals surface area contributed by atoms with Gasteiger partial charge in [-0.2, -0.15) is 0 Å². The van der Waals surface area contributed by atoms with Gasteiger partial charge in [-0.25, -0.2) is 4.39 Å². The normalized spacial score (nSPS) is 16.5. The smallest absolute Gasteiger partial charge is 0.404 e. The van der Waals surface area contributed by atoms with Crippen molar-refractivity contribution >= 4 is 17.4 Å². The van der Waals surface area contributed by atoms with Gasteiger partial charge in [0.25, 0.3) is 0 Å². The highest BCUT2D eigenvalue weighted by Crippen LogP contribution is 2.32. The lowest BCUT2D eigenvalue weighted by atomic mass is 10.0. The molecule has 0 bridgehead atoms. The molecular formula is C29H28F4N4O3. The maximum absolute atomic E-state index is 14.0. The van der Waals surface area contributed by atoms with Gasteiger partial charge in [0.15, 0.2) is 11.5 Å². The number of benzene rings is 2. The number of carbonyl (C=O) groups is 2. The second-order valence-electron chi connectivity index (χ2n) is 9.98. The molecule has 1 amide bonds. The summed E-state index contributed by atoms with van der Waals surface area (Å²) < 4.78 is 57.2. The van der Waals surface area contributed by atoms with E-state index in [9.17, 15) is 27.2 Å². The molecule has 1 saturated heterocycles. The van der Waals surface area contributed by atoms with Crippen LogP contribution in [0.5, 0.6) is 5.75 Å². The molecule has 2 heterocycles. The van der Waals surface area contributed by atoms with Crippen LogP contribution in [0.4, 0.5) is 23.2 Å². The predicted octanol–water partition coefficient (Wildman–Crippen LogP) is 4.93. The summed E-state index contributed by atoms with van der Waals surface area (Å²) in [6.07, 6.45) is -1.22. The second kappa shape index (κ2) is 11.7. The van der Waals surface area contributed by atoms with E-state index in [4.69, 9.17) is 0 Å². The van der Waals surface area contributed by atoms with Gasteiger partial charge in [-0.3, -0.25) is 24.4 Å². The van der Waals surface area contributed by atoms with E-state index in [1.807, 2.05) is 4.90 Å². The minimum absolute atomic E-state index is 0.0160. The third kappa shape index (κ3) is 7.22. The fourth-order valence-corrected chi connectivity index (χ4v) is 4.78. The van der Waals surface area contributed by atoms with Crippen molar-refractivity contribution in [2.45, 2.75) is 31.7 Å². The van der Waals surface area contributed by atoms with Crippen LogP contribution in [-0.4, -0.2) is 71.6 Å². The molecule has 0 radical (unpaired) electrons. The molecule has 1 aliphatic heterocycles. The molecule has 0 unspecified atom stereocenters. The molecule has 1 saturated carbocycles. The summed E-state index contributed by atoms with van der Waals surface area (Å²) in [5.74, 6) is -1.92. The van der Waals surface area contributed by atoms with Crippen LogP contribution >= 0.6 is 0 Å². The number of piperazine rings is 1. The van der Waals surface area contributed by atoms with Crippen molar-refractivity contribution in [3.63, 3.8) is 0 Å². The summed E-state index contributed by atoms with van der Waals surface area (Å²) in [5.41, 5.74) is 1.13. The monoisotopic (exact) mass is 556 g/mol. The van der Waals surface area contributed by atoms with Crippen molar-refractivity contribution in [1.29, 1.82) is 0 Å². The van der Waals surface area contributed by atoms with Crippen molar-refractivity contribution in [1.82, 2.24) is 14.8 Å². The predicted molar refractivity (Wildman–Crippen MR) is 140 cm³/mol. The number of nitrogens with one attached hydrogen (secondary N) is 1. The molecule has 2 aliphatic rings. The minimum atomic E-state index is -4.98. The molecule has 7 nitrogen and oxygen atoms in total. The van der Waals surface area contributed by atoms with E-state index in [-0.39, 0.29) is 24.2 Å². The second-order valence-corrected chi connectivity index (χ2v) is 9.98. The quantitative estimate of drug-likeness (QED) is 0.298. The molecule has 2 fully saturated rings. The number of alkyl halides is 3. The molecule has 3 aromatic rings. The van der Waals surface area contributed by atoms with Gasteiger partial charge < -0.3 is 10.1 Å². The average Bonchev–Trinajstić information content (AvgIpc) is 3.76. The number of hydrogen-bond donors (Lipinski definition) is 1. The number of amides is 1. The molecule has 40 heavy (non-hydrogen) atoms. The van der Waals surface area contributed by atoms with Crippen LogP contribution < -0.4 is 10.1 Å². The maximum Gasteiger partial charge on any atom is 0.573 e. The maximum atomic E-state index is 14.0. The molecule has 1 aliphatic carbocycles. The summed E-state index contributed by atoms with van der Waals surface area (Å²) in [6, 6.07) is 13.5. The van der Waals surface area contributed by atoms with Gasteiger partial charge in [0.2, 0.25) is 5.91 Å². The van der Waals surface area contributed by atoms with Crippen LogP contribution in [0.25, 0.3) is 11.3 Å². The minimum Gasteiger partial charge on any atom is -0.404 e. The Bertz CT molecular complexity index is 1370. The topological polar surface area (TPSA) is 74.8 Å². The van der Waals surface area contributed by atoms with Crippen LogP contribution in [0.1, 0.15) is 28.8 Å². The highest BCUT2D eigenvalue weighted by Gasteiger charge is 2.33. The Hall–Kier alpha value is -3.83. The van der Waals surface area contributed by atoms with Crippen molar-refractivity contribution in [2.75, 3.05) is 38.0 Å². The lowest BCUT2D eigenvalue weighted by Crippen LogP contribution is -2.49. The van der Waals surface area contributed by atoms with E-state index in [2.05, 4.69) is 19.9 Å². The third-order valence-electron chi connectivity index (χ3n) is 6.98. The van der Waals surface area contributed by atoms with E-state index in [0.29, 0.717) is 36.0 Å². The van der Waals surface area contributed by atoms with Crippen molar-refractivity contribution < 1.29 is 31.9 Å². The van der Waals surface area contributed by atoms with E-state index < -0.39 is 29.6 Å². The summed E-state index contributed by atoms with van der Waals surface area (Å²) in [4.78, 5) is 34.3. The Morgan fingerprint density at radius 1 is 1.00 bits per heavy atom. The third-order valence-corrected chi connectivity index (χ3v) is 6.98. The van der Waals surface area contributed by atoms with Gasteiger partial charge in [0.05, 0.1) is 17.9 Å². The number of anilines is 1. The standard InChI is InChI=1S/C29H28F4N4O3/c30-23-4-2-1-3-22(23)24-9-5-19(17-34-24)15-26(38)20-6-10-27(40-29(31,32)33)25(16-20)35-28(39)18-36-11-13-37(14-12-36)21-7-8-21/h1-6,9-10,16-17,21H,7-8,11-15,18H2,(H,35,39). The van der Waals surface area contributed by atoms with E-state index in [1.54, 1.807) is 30.3 Å². The van der Waals surface area contributed by atoms with E-state index in [1.165, 1.54) is 37.2 Å². The average molecular weight is 557 g/mol. The fourth-order valence-electron chi connectivity index (χ4n) is 4.78. The van der Waals surface area contributed by atoms with Crippen molar-refractivity contribution in [3.8, 4) is 17.0 Å². The highest BCUT2D eigenvalue weighted by atomic mass is 19.4.